The molecule has 3 atom stereocenters. The SMILES string of the molecule is CCC(C)CCC(C)C(Cc1cc(OC2CCC3(CC2)CC3)ccn1)(OCOC)C(C)=O. The monoisotopic (exact) mass is 445 g/mol. The predicted molar refractivity (Wildman–Crippen MR) is 127 cm³/mol. The summed E-state index contributed by atoms with van der Waals surface area (Å²) in [5.41, 5.74) is 0.547. The second-order valence-corrected chi connectivity index (χ2v) is 10.5. The highest BCUT2D eigenvalue weighted by atomic mass is 16.7. The topological polar surface area (TPSA) is 57.6 Å². The van der Waals surface area contributed by atoms with Gasteiger partial charge in [0.15, 0.2) is 5.78 Å². The molecule has 3 rings (SSSR count). The van der Waals surface area contributed by atoms with E-state index < -0.39 is 5.60 Å². The molecule has 1 spiro atoms. The lowest BCUT2D eigenvalue weighted by Gasteiger charge is -2.37. The van der Waals surface area contributed by atoms with Crippen LogP contribution < -0.4 is 4.74 Å². The Hall–Kier alpha value is -1.46. The summed E-state index contributed by atoms with van der Waals surface area (Å²) in [6.07, 6.45) is 13.3. The van der Waals surface area contributed by atoms with Gasteiger partial charge in [-0.1, -0.05) is 33.6 Å². The number of Topliss-reactive ketones (excluding diaryl/α,β-unsaturated/α-hetero) is 1. The lowest BCUT2D eigenvalue weighted by Crippen LogP contribution is -2.49. The summed E-state index contributed by atoms with van der Waals surface area (Å²) in [5, 5.41) is 0. The van der Waals surface area contributed by atoms with Crippen molar-refractivity contribution in [2.45, 2.75) is 104 Å². The third kappa shape index (κ3) is 6.32. The van der Waals surface area contributed by atoms with Gasteiger partial charge in [0.1, 0.15) is 18.1 Å². The van der Waals surface area contributed by atoms with Crippen LogP contribution >= 0.6 is 0 Å². The number of methoxy groups -OCH3 is 1. The summed E-state index contributed by atoms with van der Waals surface area (Å²) >= 11 is 0. The third-order valence-electron chi connectivity index (χ3n) is 8.10. The van der Waals surface area contributed by atoms with E-state index in [1.54, 1.807) is 20.2 Å². The summed E-state index contributed by atoms with van der Waals surface area (Å²) in [6, 6.07) is 3.93. The maximum Gasteiger partial charge on any atom is 0.162 e. The summed E-state index contributed by atoms with van der Waals surface area (Å²) in [6.45, 7) is 8.31. The molecule has 2 aliphatic carbocycles. The van der Waals surface area contributed by atoms with Crippen molar-refractivity contribution in [1.29, 1.82) is 0 Å². The minimum Gasteiger partial charge on any atom is -0.490 e. The second kappa shape index (κ2) is 11.1. The van der Waals surface area contributed by atoms with Gasteiger partial charge in [-0.2, -0.15) is 0 Å². The summed E-state index contributed by atoms with van der Waals surface area (Å²) in [5.74, 6) is 1.57. The van der Waals surface area contributed by atoms with Crippen LogP contribution in [-0.2, 0) is 20.7 Å². The Labute approximate surface area is 194 Å². The van der Waals surface area contributed by atoms with Crippen molar-refractivity contribution in [3.8, 4) is 5.75 Å². The van der Waals surface area contributed by atoms with Crippen molar-refractivity contribution < 1.29 is 19.0 Å². The molecule has 0 aromatic carbocycles. The van der Waals surface area contributed by atoms with Gasteiger partial charge in [0.05, 0.1) is 6.10 Å². The molecular formula is C27H43NO4. The third-order valence-corrected chi connectivity index (χ3v) is 8.10. The van der Waals surface area contributed by atoms with Crippen LogP contribution in [0.3, 0.4) is 0 Å². The first kappa shape index (κ1) is 25.2. The van der Waals surface area contributed by atoms with Gasteiger partial charge in [-0.25, -0.2) is 0 Å². The van der Waals surface area contributed by atoms with E-state index in [4.69, 9.17) is 14.2 Å². The summed E-state index contributed by atoms with van der Waals surface area (Å²) < 4.78 is 17.7. The van der Waals surface area contributed by atoms with E-state index in [9.17, 15) is 4.79 Å². The van der Waals surface area contributed by atoms with E-state index in [1.165, 1.54) is 25.7 Å². The zero-order valence-corrected chi connectivity index (χ0v) is 20.8. The first-order valence-corrected chi connectivity index (χ1v) is 12.6. The Kier molecular flexibility index (Phi) is 8.74. The fourth-order valence-electron chi connectivity index (χ4n) is 5.16. The molecule has 0 saturated heterocycles. The minimum atomic E-state index is -0.946. The number of ketones is 1. The molecular weight excluding hydrogens is 402 g/mol. The maximum atomic E-state index is 13.0. The maximum absolute atomic E-state index is 13.0. The predicted octanol–water partition coefficient (Wildman–Crippen LogP) is 6.14. The molecule has 5 heteroatoms. The number of carbonyl (C=O) groups excluding carboxylic acids is 1. The Bertz CT molecular complexity index is 737. The first-order valence-electron chi connectivity index (χ1n) is 12.6. The standard InChI is InChI=1S/C27H43NO4/c1-6-20(2)7-8-21(3)27(22(4)29,31-19-30-5)18-23-17-25(11-16-28-23)32-24-9-12-26(13-10-24)14-15-26/h11,16-17,20-21,24H,6-10,12-15,18-19H2,1-5H3. The molecule has 2 aliphatic rings. The Morgan fingerprint density at radius 3 is 2.53 bits per heavy atom. The number of aromatic nitrogens is 1. The molecule has 180 valence electrons. The van der Waals surface area contributed by atoms with Gasteiger partial charge in [-0.15, -0.1) is 0 Å². The quantitative estimate of drug-likeness (QED) is 0.342. The first-order chi connectivity index (χ1) is 15.3. The van der Waals surface area contributed by atoms with Crippen molar-refractivity contribution in [1.82, 2.24) is 4.98 Å². The molecule has 1 aromatic heterocycles. The highest BCUT2D eigenvalue weighted by Crippen LogP contribution is 2.56. The molecule has 2 saturated carbocycles. The fourth-order valence-corrected chi connectivity index (χ4v) is 5.16. The normalized spacial score (nSPS) is 21.7. The van der Waals surface area contributed by atoms with Gasteiger partial charge in [-0.3, -0.25) is 9.78 Å². The summed E-state index contributed by atoms with van der Waals surface area (Å²) in [7, 11) is 1.59. The molecule has 0 aliphatic heterocycles. The van der Waals surface area contributed by atoms with Crippen LogP contribution in [-0.4, -0.2) is 36.4 Å². The number of nitrogens with zero attached hydrogens (tertiary/aromatic N) is 1. The smallest absolute Gasteiger partial charge is 0.162 e. The van der Waals surface area contributed by atoms with Crippen LogP contribution in [0.1, 0.15) is 91.2 Å². The largest absolute Gasteiger partial charge is 0.490 e. The molecule has 0 amide bonds. The van der Waals surface area contributed by atoms with Crippen LogP contribution in [0.2, 0.25) is 0 Å². The molecule has 0 bridgehead atoms. The molecule has 0 radical (unpaired) electrons. The van der Waals surface area contributed by atoms with E-state index in [0.717, 1.165) is 43.5 Å². The zero-order chi connectivity index (χ0) is 23.2. The number of pyridine rings is 1. The van der Waals surface area contributed by atoms with Crippen LogP contribution in [0.4, 0.5) is 0 Å². The van der Waals surface area contributed by atoms with Gasteiger partial charge >= 0.3 is 0 Å². The van der Waals surface area contributed by atoms with Gasteiger partial charge in [0.25, 0.3) is 0 Å². The molecule has 1 heterocycles. The molecule has 5 nitrogen and oxygen atoms in total. The Morgan fingerprint density at radius 1 is 1.22 bits per heavy atom. The lowest BCUT2D eigenvalue weighted by atomic mass is 9.77. The molecule has 3 unspecified atom stereocenters. The Balaban J connectivity index is 1.71. The number of hydrogen-bond donors (Lipinski definition) is 0. The number of ether oxygens (including phenoxy) is 3. The highest BCUT2D eigenvalue weighted by Gasteiger charge is 2.45. The van der Waals surface area contributed by atoms with E-state index in [1.807, 2.05) is 12.1 Å². The molecule has 2 fully saturated rings. The summed E-state index contributed by atoms with van der Waals surface area (Å²) in [4.78, 5) is 17.5. The van der Waals surface area contributed by atoms with E-state index in [-0.39, 0.29) is 24.6 Å². The van der Waals surface area contributed by atoms with Crippen molar-refractivity contribution in [3.63, 3.8) is 0 Å². The Morgan fingerprint density at radius 2 is 1.94 bits per heavy atom. The van der Waals surface area contributed by atoms with E-state index >= 15 is 0 Å². The van der Waals surface area contributed by atoms with Crippen LogP contribution in [0.5, 0.6) is 5.75 Å². The van der Waals surface area contributed by atoms with Crippen molar-refractivity contribution in [2.24, 2.45) is 17.3 Å². The fraction of sp³-hybridized carbons (Fsp3) is 0.778. The lowest BCUT2D eigenvalue weighted by molar-refractivity contribution is -0.174. The second-order valence-electron chi connectivity index (χ2n) is 10.5. The van der Waals surface area contributed by atoms with Crippen LogP contribution in [0.25, 0.3) is 0 Å². The highest BCUT2D eigenvalue weighted by molar-refractivity contribution is 5.85. The van der Waals surface area contributed by atoms with Gasteiger partial charge in [-0.05, 0) is 75.2 Å². The zero-order valence-electron chi connectivity index (χ0n) is 20.8. The molecule has 32 heavy (non-hydrogen) atoms. The average Bonchev–Trinajstić information content (AvgIpc) is 3.55. The van der Waals surface area contributed by atoms with E-state index in [2.05, 4.69) is 25.8 Å². The van der Waals surface area contributed by atoms with Gasteiger partial charge in [0.2, 0.25) is 0 Å². The number of hydrogen-bond acceptors (Lipinski definition) is 5. The van der Waals surface area contributed by atoms with Gasteiger partial charge < -0.3 is 14.2 Å². The number of rotatable bonds is 13. The van der Waals surface area contributed by atoms with Crippen LogP contribution in [0, 0.1) is 17.3 Å². The van der Waals surface area contributed by atoms with Crippen LogP contribution in [0.15, 0.2) is 18.3 Å². The van der Waals surface area contributed by atoms with E-state index in [0.29, 0.717) is 17.8 Å². The minimum absolute atomic E-state index is 0.0290. The molecule has 1 aromatic rings. The van der Waals surface area contributed by atoms with Crippen molar-refractivity contribution in [3.05, 3.63) is 24.0 Å². The van der Waals surface area contributed by atoms with Crippen molar-refractivity contribution >= 4 is 5.78 Å². The average molecular weight is 446 g/mol. The van der Waals surface area contributed by atoms with Crippen molar-refractivity contribution in [2.75, 3.05) is 13.9 Å². The van der Waals surface area contributed by atoms with Gasteiger partial charge in [0, 0.05) is 31.5 Å². The molecule has 0 N–H and O–H groups in total. The number of carbonyl (C=O) groups is 1.